The van der Waals surface area contributed by atoms with Gasteiger partial charge in [0, 0.05) is 19.0 Å². The van der Waals surface area contributed by atoms with Gasteiger partial charge in [0.15, 0.2) is 0 Å². The van der Waals surface area contributed by atoms with Crippen LogP contribution in [-0.2, 0) is 0 Å². The summed E-state index contributed by atoms with van der Waals surface area (Å²) in [6.45, 7) is 5.60. The summed E-state index contributed by atoms with van der Waals surface area (Å²) in [6.07, 6.45) is 0.821. The number of halogens is 2. The van der Waals surface area contributed by atoms with E-state index in [1.165, 1.54) is 0 Å². The lowest BCUT2D eigenvalue weighted by atomic mass is 10.1. The summed E-state index contributed by atoms with van der Waals surface area (Å²) in [5, 5.41) is 0. The first kappa shape index (κ1) is 8.42. The Morgan fingerprint density at radius 3 is 2.17 bits per heavy atom. The zero-order chi connectivity index (χ0) is 8.98. The first-order chi connectivity index (χ1) is 5.47. The van der Waals surface area contributed by atoms with Gasteiger partial charge in [-0.05, 0) is 26.8 Å². The molecule has 1 spiro atoms. The third-order valence-electron chi connectivity index (χ3n) is 3.32. The predicted octanol–water partition coefficient (Wildman–Crippen LogP) is 2.13. The molecule has 1 aliphatic carbocycles. The molecule has 0 amide bonds. The highest BCUT2D eigenvalue weighted by Gasteiger charge is 2.72. The van der Waals surface area contributed by atoms with E-state index in [1.54, 1.807) is 0 Å². The van der Waals surface area contributed by atoms with Crippen molar-refractivity contribution in [3.63, 3.8) is 0 Å². The van der Waals surface area contributed by atoms with Crippen LogP contribution in [0, 0.1) is 5.41 Å². The molecular weight excluding hydrogens is 160 g/mol. The molecule has 1 heterocycles. The Morgan fingerprint density at radius 2 is 1.92 bits per heavy atom. The van der Waals surface area contributed by atoms with E-state index in [9.17, 15) is 8.78 Å². The molecule has 0 aromatic heterocycles. The SMILES string of the molecule is CC(C)N1CCC2(C1)CC2(F)F. The van der Waals surface area contributed by atoms with Crippen LogP contribution in [-0.4, -0.2) is 30.0 Å². The van der Waals surface area contributed by atoms with Crippen molar-refractivity contribution in [3.8, 4) is 0 Å². The summed E-state index contributed by atoms with van der Waals surface area (Å²) in [7, 11) is 0. The molecule has 70 valence electrons. The highest BCUT2D eigenvalue weighted by atomic mass is 19.3. The number of hydrogen-bond acceptors (Lipinski definition) is 1. The van der Waals surface area contributed by atoms with Crippen LogP contribution in [0.4, 0.5) is 8.78 Å². The molecule has 2 aliphatic rings. The lowest BCUT2D eigenvalue weighted by molar-refractivity contribution is 0.0649. The molecule has 0 aromatic rings. The second kappa shape index (κ2) is 2.19. The monoisotopic (exact) mass is 175 g/mol. The van der Waals surface area contributed by atoms with Crippen molar-refractivity contribution in [1.29, 1.82) is 0 Å². The summed E-state index contributed by atoms with van der Waals surface area (Å²) >= 11 is 0. The van der Waals surface area contributed by atoms with E-state index in [0.717, 1.165) is 6.54 Å². The molecule has 1 nitrogen and oxygen atoms in total. The van der Waals surface area contributed by atoms with E-state index in [2.05, 4.69) is 18.7 Å². The molecule has 0 bridgehead atoms. The van der Waals surface area contributed by atoms with E-state index < -0.39 is 11.3 Å². The van der Waals surface area contributed by atoms with Crippen LogP contribution in [0.3, 0.4) is 0 Å². The third-order valence-corrected chi connectivity index (χ3v) is 3.32. The van der Waals surface area contributed by atoms with Crippen LogP contribution in [0.1, 0.15) is 26.7 Å². The minimum Gasteiger partial charge on any atom is -0.300 e. The second-order valence-electron chi connectivity index (χ2n) is 4.48. The Labute approximate surface area is 71.7 Å². The maximum absolute atomic E-state index is 12.9. The average molecular weight is 175 g/mol. The van der Waals surface area contributed by atoms with Crippen LogP contribution in [0.15, 0.2) is 0 Å². The van der Waals surface area contributed by atoms with E-state index in [4.69, 9.17) is 0 Å². The zero-order valence-corrected chi connectivity index (χ0v) is 7.61. The normalized spacial score (nSPS) is 39.8. The first-order valence-electron chi connectivity index (χ1n) is 4.59. The molecule has 2 fully saturated rings. The Bertz CT molecular complexity index is 203. The topological polar surface area (TPSA) is 3.24 Å². The Hall–Kier alpha value is -0.180. The minimum atomic E-state index is -2.35. The average Bonchev–Trinajstić information content (AvgIpc) is 2.38. The van der Waals surface area contributed by atoms with Gasteiger partial charge in [0.2, 0.25) is 0 Å². The fourth-order valence-electron chi connectivity index (χ4n) is 2.17. The standard InChI is InChI=1S/C9H15F2N/c1-7(2)12-4-3-8(6-12)5-9(8,10)11/h7H,3-6H2,1-2H3. The van der Waals surface area contributed by atoms with Crippen molar-refractivity contribution in [3.05, 3.63) is 0 Å². The van der Waals surface area contributed by atoms with Gasteiger partial charge in [-0.25, -0.2) is 8.78 Å². The van der Waals surface area contributed by atoms with Crippen molar-refractivity contribution in [2.45, 2.75) is 38.7 Å². The highest BCUT2D eigenvalue weighted by Crippen LogP contribution is 2.65. The van der Waals surface area contributed by atoms with Crippen molar-refractivity contribution in [2.75, 3.05) is 13.1 Å². The number of hydrogen-bond donors (Lipinski definition) is 0. The van der Waals surface area contributed by atoms with Gasteiger partial charge in [-0.3, -0.25) is 0 Å². The Balaban J connectivity index is 2.01. The van der Waals surface area contributed by atoms with Crippen LogP contribution in [0.5, 0.6) is 0 Å². The predicted molar refractivity (Wildman–Crippen MR) is 43.3 cm³/mol. The van der Waals surface area contributed by atoms with Gasteiger partial charge in [0.05, 0.1) is 5.41 Å². The molecule has 1 aliphatic heterocycles. The smallest absolute Gasteiger partial charge is 0.255 e. The van der Waals surface area contributed by atoms with Crippen LogP contribution < -0.4 is 0 Å². The zero-order valence-electron chi connectivity index (χ0n) is 7.61. The maximum Gasteiger partial charge on any atom is 0.255 e. The van der Waals surface area contributed by atoms with Gasteiger partial charge < -0.3 is 4.90 Å². The van der Waals surface area contributed by atoms with E-state index in [-0.39, 0.29) is 6.42 Å². The molecule has 0 aromatic carbocycles. The summed E-state index contributed by atoms with van der Waals surface area (Å²) in [6, 6.07) is 0.417. The number of alkyl halides is 2. The van der Waals surface area contributed by atoms with Crippen LogP contribution in [0.25, 0.3) is 0 Å². The molecule has 2 rings (SSSR count). The Morgan fingerprint density at radius 1 is 1.33 bits per heavy atom. The van der Waals surface area contributed by atoms with Gasteiger partial charge in [0.25, 0.3) is 5.92 Å². The minimum absolute atomic E-state index is 0.128. The fraction of sp³-hybridized carbons (Fsp3) is 1.00. The molecular formula is C9H15F2N. The van der Waals surface area contributed by atoms with Crippen LogP contribution >= 0.6 is 0 Å². The summed E-state index contributed by atoms with van der Waals surface area (Å²) in [5.74, 6) is -2.35. The maximum atomic E-state index is 12.9. The second-order valence-corrected chi connectivity index (χ2v) is 4.48. The van der Waals surface area contributed by atoms with Crippen molar-refractivity contribution in [2.24, 2.45) is 5.41 Å². The molecule has 0 radical (unpaired) electrons. The summed E-state index contributed by atoms with van der Waals surface area (Å²) in [5.41, 5.74) is -0.614. The highest BCUT2D eigenvalue weighted by molar-refractivity contribution is 5.14. The first-order valence-corrected chi connectivity index (χ1v) is 4.59. The van der Waals surface area contributed by atoms with E-state index in [1.807, 2.05) is 0 Å². The molecule has 3 heteroatoms. The van der Waals surface area contributed by atoms with Gasteiger partial charge >= 0.3 is 0 Å². The van der Waals surface area contributed by atoms with E-state index >= 15 is 0 Å². The summed E-state index contributed by atoms with van der Waals surface area (Å²) < 4.78 is 25.8. The van der Waals surface area contributed by atoms with E-state index in [0.29, 0.717) is 19.0 Å². The van der Waals surface area contributed by atoms with Crippen molar-refractivity contribution < 1.29 is 8.78 Å². The lowest BCUT2D eigenvalue weighted by Gasteiger charge is -2.19. The molecule has 12 heavy (non-hydrogen) atoms. The van der Waals surface area contributed by atoms with Gasteiger partial charge in [-0.15, -0.1) is 0 Å². The molecule has 1 atom stereocenters. The lowest BCUT2D eigenvalue weighted by Crippen LogP contribution is -2.29. The number of likely N-dealkylation sites (tertiary alicyclic amines) is 1. The largest absolute Gasteiger partial charge is 0.300 e. The molecule has 1 saturated heterocycles. The number of nitrogens with zero attached hydrogens (tertiary/aromatic N) is 1. The summed E-state index contributed by atoms with van der Waals surface area (Å²) in [4.78, 5) is 2.15. The quantitative estimate of drug-likeness (QED) is 0.590. The number of rotatable bonds is 1. The van der Waals surface area contributed by atoms with Gasteiger partial charge in [-0.2, -0.15) is 0 Å². The molecule has 1 unspecified atom stereocenters. The fourth-order valence-corrected chi connectivity index (χ4v) is 2.17. The van der Waals surface area contributed by atoms with Crippen molar-refractivity contribution >= 4 is 0 Å². The third kappa shape index (κ3) is 0.987. The van der Waals surface area contributed by atoms with Gasteiger partial charge in [-0.1, -0.05) is 0 Å². The Kier molecular flexibility index (Phi) is 1.54. The van der Waals surface area contributed by atoms with Crippen LogP contribution in [0.2, 0.25) is 0 Å². The van der Waals surface area contributed by atoms with Crippen molar-refractivity contribution in [1.82, 2.24) is 4.90 Å². The van der Waals surface area contributed by atoms with Gasteiger partial charge in [0.1, 0.15) is 0 Å². The molecule has 1 saturated carbocycles. The molecule has 0 N–H and O–H groups in total.